The van der Waals surface area contributed by atoms with Crippen LogP contribution in [0.4, 0.5) is 0 Å². The summed E-state index contributed by atoms with van der Waals surface area (Å²) in [6, 6.07) is 7.60. The van der Waals surface area contributed by atoms with Gasteiger partial charge >= 0.3 is 5.97 Å². The molecule has 8 rings (SSSR count). The highest BCUT2D eigenvalue weighted by Gasteiger charge is 2.54. The van der Waals surface area contributed by atoms with E-state index in [0.29, 0.717) is 35.5 Å². The fourth-order valence-corrected chi connectivity index (χ4v) is 9.81. The van der Waals surface area contributed by atoms with E-state index >= 15 is 0 Å². The molecule has 1 fully saturated rings. The van der Waals surface area contributed by atoms with Crippen LogP contribution in [0.1, 0.15) is 80.7 Å². The number of nitrogens with two attached hydrogens (primary N) is 2. The summed E-state index contributed by atoms with van der Waals surface area (Å²) in [7, 11) is 0. The minimum atomic E-state index is -1.56. The molecular weight excluding hydrogens is 765 g/mol. The molecule has 13 nitrogen and oxygen atoms in total. The minimum absolute atomic E-state index is 0.0549. The standard InChI is InChI=1S/C47H52N4O9/c1-3-33(27-8-4-5-9-27)45(57)59-36-22-34-42(56)39-35(55)21-32(24-52)58-44(39)40-41(28-15-17-50-38(49)19-28)47(25-53,30-10-6-12-31(54)20-30)16-7-11-29(46(36,2)60-43(34)40)18-26-13-14-37(48)51-23-26/h3,6,10,12-15,19-21,23,27,29,36-37,41,50-54,56H,4-5,8-9,11,17-18,22,24-25,48-49H2,1-2H3/b33-3-/t29-,36-,37?,41-,46+,47+/m1/s1. The van der Waals surface area contributed by atoms with Gasteiger partial charge in [0.1, 0.15) is 52.3 Å². The first-order valence-electron chi connectivity index (χ1n) is 20.6. The van der Waals surface area contributed by atoms with Gasteiger partial charge in [-0.05, 0) is 80.0 Å². The smallest absolute Gasteiger partial charge is 0.334 e. The molecule has 1 aliphatic carbocycles. The average Bonchev–Trinajstić information content (AvgIpc) is 3.77. The summed E-state index contributed by atoms with van der Waals surface area (Å²) >= 11 is 0. The van der Waals surface area contributed by atoms with Gasteiger partial charge in [0.05, 0.1) is 24.0 Å². The zero-order valence-corrected chi connectivity index (χ0v) is 33.8. The van der Waals surface area contributed by atoms with Crippen molar-refractivity contribution in [2.45, 2.75) is 94.6 Å². The highest BCUT2D eigenvalue weighted by Crippen LogP contribution is 2.57. The fourth-order valence-electron chi connectivity index (χ4n) is 9.81. The third-order valence-electron chi connectivity index (χ3n) is 13.0. The quantitative estimate of drug-likeness (QED) is 0.0847. The number of carbonyl (C=O) groups is 1. The molecule has 4 aliphatic heterocycles. The third-order valence-corrected chi connectivity index (χ3v) is 13.0. The maximum Gasteiger partial charge on any atom is 0.334 e. The number of aromatic hydroxyl groups is 2. The largest absolute Gasteiger partial charge is 0.508 e. The number of allylic oxidation sites excluding steroid dienone is 5. The number of benzene rings is 2. The fraction of sp³-hybridized carbons (Fsp3) is 0.404. The lowest BCUT2D eigenvalue weighted by atomic mass is 9.63. The SMILES string of the molecule is C/C=C(\C(=O)O[C@@H]1Cc2c3c(c4oc(CO)cc(=O)c4c2O)[C@@H](C2=CCNC(N)=C2)[C@@](CO)(c2cccc(O)c2)C#CC[C@H](CC2=CNC(N)C=C2)[C@]1(C)O3)C1CCCC1. The number of phenolic OH excluding ortho intramolecular Hbond substituents is 2. The molecule has 2 bridgehead atoms. The first kappa shape index (κ1) is 40.8. The number of fused-ring (bicyclic) bond motifs is 3. The van der Waals surface area contributed by atoms with Crippen molar-refractivity contribution in [1.82, 2.24) is 10.6 Å². The second kappa shape index (κ2) is 16.3. The Morgan fingerprint density at radius 2 is 1.97 bits per heavy atom. The van der Waals surface area contributed by atoms with Crippen LogP contribution in [0, 0.1) is 23.7 Å². The Morgan fingerprint density at radius 1 is 1.17 bits per heavy atom. The first-order chi connectivity index (χ1) is 28.9. The molecule has 1 saturated carbocycles. The molecule has 0 amide bonds. The molecule has 0 saturated heterocycles. The molecule has 1 aromatic heterocycles. The Hall–Kier alpha value is -5.94. The van der Waals surface area contributed by atoms with Crippen molar-refractivity contribution in [3.8, 4) is 29.1 Å². The lowest BCUT2D eigenvalue weighted by Crippen LogP contribution is -2.57. The summed E-state index contributed by atoms with van der Waals surface area (Å²) < 4.78 is 20.3. The Bertz CT molecular complexity index is 2500. The topological polar surface area (TPSA) is 223 Å². The number of nitrogens with one attached hydrogen (secondary N) is 2. The van der Waals surface area contributed by atoms with Crippen LogP contribution in [0.15, 0.2) is 98.7 Å². The van der Waals surface area contributed by atoms with E-state index in [1.165, 1.54) is 12.1 Å². The summed E-state index contributed by atoms with van der Waals surface area (Å²) in [6.07, 6.45) is 14.0. The van der Waals surface area contributed by atoms with E-state index in [-0.39, 0.29) is 64.3 Å². The predicted molar refractivity (Wildman–Crippen MR) is 225 cm³/mol. The zero-order chi connectivity index (χ0) is 42.3. The van der Waals surface area contributed by atoms with Crippen molar-refractivity contribution in [2.24, 2.45) is 23.3 Å². The molecule has 2 aromatic carbocycles. The van der Waals surface area contributed by atoms with Gasteiger partial charge in [-0.2, -0.15) is 0 Å². The second-order valence-electron chi connectivity index (χ2n) is 16.6. The Labute approximate surface area is 348 Å². The number of hydrogen-bond acceptors (Lipinski definition) is 13. The molecule has 10 N–H and O–H groups in total. The maximum atomic E-state index is 14.3. The number of dihydropyridines is 2. The van der Waals surface area contributed by atoms with E-state index < -0.39 is 59.3 Å². The van der Waals surface area contributed by atoms with Gasteiger partial charge < -0.3 is 56.4 Å². The van der Waals surface area contributed by atoms with Crippen molar-refractivity contribution >= 4 is 16.9 Å². The van der Waals surface area contributed by atoms with Gasteiger partial charge in [-0.3, -0.25) is 4.79 Å². The molecule has 6 atom stereocenters. The van der Waals surface area contributed by atoms with Crippen molar-refractivity contribution in [3.05, 3.63) is 122 Å². The van der Waals surface area contributed by atoms with Crippen molar-refractivity contribution in [1.29, 1.82) is 0 Å². The molecule has 314 valence electrons. The summed E-state index contributed by atoms with van der Waals surface area (Å²) in [4.78, 5) is 28.5. The number of aliphatic hydroxyl groups excluding tert-OH is 2. The predicted octanol–water partition coefficient (Wildman–Crippen LogP) is 4.52. The number of hydrogen-bond donors (Lipinski definition) is 8. The van der Waals surface area contributed by atoms with Gasteiger partial charge in [0.25, 0.3) is 0 Å². The van der Waals surface area contributed by atoms with Gasteiger partial charge in [-0.1, -0.05) is 49.1 Å². The first-order valence-corrected chi connectivity index (χ1v) is 20.6. The normalized spacial score (nSPS) is 27.6. The maximum absolute atomic E-state index is 14.3. The Balaban J connectivity index is 1.46. The van der Waals surface area contributed by atoms with Crippen LogP contribution >= 0.6 is 0 Å². The zero-order valence-electron chi connectivity index (χ0n) is 33.8. The van der Waals surface area contributed by atoms with E-state index in [9.17, 15) is 30.0 Å². The highest BCUT2D eigenvalue weighted by atomic mass is 16.6. The Kier molecular flexibility index (Phi) is 11.1. The lowest BCUT2D eigenvalue weighted by Gasteiger charge is -2.49. The van der Waals surface area contributed by atoms with Crippen LogP contribution in [0.2, 0.25) is 0 Å². The van der Waals surface area contributed by atoms with Gasteiger partial charge in [-0.25, -0.2) is 4.79 Å². The summed E-state index contributed by atoms with van der Waals surface area (Å²) in [5.41, 5.74) is 12.0. The van der Waals surface area contributed by atoms with E-state index in [1.807, 2.05) is 44.4 Å². The van der Waals surface area contributed by atoms with Crippen LogP contribution in [-0.4, -0.2) is 57.4 Å². The van der Waals surface area contributed by atoms with Gasteiger partial charge in [0.15, 0.2) is 5.43 Å². The molecule has 3 aromatic rings. The van der Waals surface area contributed by atoms with Crippen LogP contribution in [0.25, 0.3) is 11.0 Å². The van der Waals surface area contributed by atoms with Crippen LogP contribution < -0.4 is 32.3 Å². The Morgan fingerprint density at radius 3 is 2.65 bits per heavy atom. The van der Waals surface area contributed by atoms with E-state index in [4.69, 9.17) is 25.4 Å². The number of esters is 1. The van der Waals surface area contributed by atoms with Gasteiger partial charge in [0.2, 0.25) is 0 Å². The van der Waals surface area contributed by atoms with Crippen molar-refractivity contribution < 1.29 is 39.1 Å². The molecule has 5 aliphatic rings. The third kappa shape index (κ3) is 7.12. The van der Waals surface area contributed by atoms with E-state index in [1.54, 1.807) is 18.2 Å². The molecule has 13 heteroatoms. The lowest BCUT2D eigenvalue weighted by molar-refractivity contribution is -0.165. The number of aliphatic hydroxyl groups is 2. The monoisotopic (exact) mass is 816 g/mol. The number of carbonyl (C=O) groups excluding carboxylic acids is 1. The summed E-state index contributed by atoms with van der Waals surface area (Å²) in [5, 5.41) is 51.5. The molecular formula is C47H52N4O9. The second-order valence-corrected chi connectivity index (χ2v) is 16.6. The van der Waals surface area contributed by atoms with Crippen molar-refractivity contribution in [3.63, 3.8) is 0 Å². The van der Waals surface area contributed by atoms with Gasteiger partial charge in [0, 0.05) is 60.2 Å². The van der Waals surface area contributed by atoms with Crippen LogP contribution in [0.3, 0.4) is 0 Å². The van der Waals surface area contributed by atoms with Crippen LogP contribution in [-0.2, 0) is 28.0 Å². The molecule has 60 heavy (non-hydrogen) atoms. The van der Waals surface area contributed by atoms with Crippen LogP contribution in [0.5, 0.6) is 17.2 Å². The minimum Gasteiger partial charge on any atom is -0.508 e. The molecule has 0 radical (unpaired) electrons. The van der Waals surface area contributed by atoms with E-state index in [0.717, 1.165) is 37.3 Å². The highest BCUT2D eigenvalue weighted by molar-refractivity contribution is 5.92. The summed E-state index contributed by atoms with van der Waals surface area (Å²) in [5.74, 6) is 4.92. The van der Waals surface area contributed by atoms with Crippen molar-refractivity contribution in [2.75, 3.05) is 13.2 Å². The number of phenols is 2. The van der Waals surface area contributed by atoms with E-state index in [2.05, 4.69) is 22.5 Å². The number of ether oxygens (including phenoxy) is 2. The molecule has 0 spiro atoms. The molecule has 1 unspecified atom stereocenters. The average molecular weight is 817 g/mol. The van der Waals surface area contributed by atoms with Gasteiger partial charge in [-0.15, -0.1) is 5.92 Å². The molecule has 5 heterocycles. The summed E-state index contributed by atoms with van der Waals surface area (Å²) in [6.45, 7) is 2.82. The number of rotatable bonds is 9.